The molecule has 0 saturated heterocycles. The van der Waals surface area contributed by atoms with Gasteiger partial charge >= 0.3 is 0 Å². The number of carbonyl (C=O) groups excluding carboxylic acids is 2. The van der Waals surface area contributed by atoms with E-state index in [2.05, 4.69) is 22.9 Å². The van der Waals surface area contributed by atoms with Gasteiger partial charge in [0.2, 0.25) is 0 Å². The van der Waals surface area contributed by atoms with Gasteiger partial charge in [-0.25, -0.2) is 0 Å². The number of unbranched alkanes of at least 4 members (excludes halogenated alkanes) is 1. The van der Waals surface area contributed by atoms with Crippen molar-refractivity contribution in [3.8, 4) is 5.75 Å². The molecule has 28 heavy (non-hydrogen) atoms. The monoisotopic (exact) mass is 399 g/mol. The third-order valence-electron chi connectivity index (χ3n) is 3.81. The van der Waals surface area contributed by atoms with Crippen LogP contribution in [0.5, 0.6) is 5.75 Å². The quantitative estimate of drug-likeness (QED) is 0.465. The number of carbonyl (C=O) groups is 2. The average molecular weight is 400 g/mol. The maximum Gasteiger partial charge on any atom is 0.257 e. The highest BCUT2D eigenvalue weighted by Crippen LogP contribution is 2.14. The molecule has 0 saturated carbocycles. The number of amides is 2. The van der Waals surface area contributed by atoms with Gasteiger partial charge in [-0.3, -0.25) is 14.9 Å². The van der Waals surface area contributed by atoms with Crippen molar-refractivity contribution in [3.63, 3.8) is 0 Å². The molecule has 0 spiro atoms. The van der Waals surface area contributed by atoms with E-state index in [1.165, 1.54) is 0 Å². The Morgan fingerprint density at radius 2 is 1.71 bits per heavy atom. The first-order chi connectivity index (χ1) is 13.5. The summed E-state index contributed by atoms with van der Waals surface area (Å²) in [6, 6.07) is 13.9. The predicted molar refractivity (Wildman–Crippen MR) is 115 cm³/mol. The van der Waals surface area contributed by atoms with E-state index in [0.29, 0.717) is 35.7 Å². The van der Waals surface area contributed by atoms with E-state index in [1.807, 2.05) is 13.0 Å². The number of thiocarbonyl (C=S) groups is 1. The highest BCUT2D eigenvalue weighted by molar-refractivity contribution is 7.80. The van der Waals surface area contributed by atoms with E-state index < -0.39 is 0 Å². The minimum Gasteiger partial charge on any atom is -0.494 e. The first-order valence-electron chi connectivity index (χ1n) is 9.27. The maximum atomic E-state index is 12.4. The largest absolute Gasteiger partial charge is 0.494 e. The molecule has 7 heteroatoms. The lowest BCUT2D eigenvalue weighted by atomic mass is 10.2. The molecule has 0 aliphatic carbocycles. The summed E-state index contributed by atoms with van der Waals surface area (Å²) in [7, 11) is 0. The van der Waals surface area contributed by atoms with E-state index in [-0.39, 0.29) is 16.9 Å². The highest BCUT2D eigenvalue weighted by atomic mass is 32.1. The van der Waals surface area contributed by atoms with Gasteiger partial charge in [0.1, 0.15) is 5.75 Å². The Morgan fingerprint density at radius 1 is 1.00 bits per heavy atom. The van der Waals surface area contributed by atoms with Gasteiger partial charge in [-0.2, -0.15) is 0 Å². The molecule has 0 heterocycles. The lowest BCUT2D eigenvalue weighted by Crippen LogP contribution is -2.34. The lowest BCUT2D eigenvalue weighted by molar-refractivity contribution is 0.0953. The maximum absolute atomic E-state index is 12.4. The van der Waals surface area contributed by atoms with Gasteiger partial charge in [0.05, 0.1) is 6.61 Å². The molecular formula is C21H25N3O3S. The molecule has 0 bridgehead atoms. The summed E-state index contributed by atoms with van der Waals surface area (Å²) in [4.78, 5) is 24.3. The number of hydrogen-bond donors (Lipinski definition) is 3. The molecule has 0 aliphatic rings. The topological polar surface area (TPSA) is 79.5 Å². The van der Waals surface area contributed by atoms with Crippen molar-refractivity contribution in [2.45, 2.75) is 26.7 Å². The molecule has 2 amide bonds. The summed E-state index contributed by atoms with van der Waals surface area (Å²) in [6.45, 7) is 5.11. The molecule has 0 aliphatic heterocycles. The molecule has 0 unspecified atom stereocenters. The average Bonchev–Trinajstić information content (AvgIpc) is 2.68. The van der Waals surface area contributed by atoms with Crippen LogP contribution < -0.4 is 20.7 Å². The Morgan fingerprint density at radius 3 is 2.43 bits per heavy atom. The minimum absolute atomic E-state index is 0.148. The Hall–Kier alpha value is -2.93. The minimum atomic E-state index is -0.335. The number of nitrogens with one attached hydrogen (secondary N) is 3. The summed E-state index contributed by atoms with van der Waals surface area (Å²) < 4.78 is 5.63. The van der Waals surface area contributed by atoms with Crippen LogP contribution in [0, 0.1) is 0 Å². The summed E-state index contributed by atoms with van der Waals surface area (Å²) in [5.74, 6) is 0.147. The van der Waals surface area contributed by atoms with Gasteiger partial charge in [0.25, 0.3) is 11.8 Å². The van der Waals surface area contributed by atoms with Crippen molar-refractivity contribution in [1.29, 1.82) is 0 Å². The third-order valence-corrected chi connectivity index (χ3v) is 4.01. The second-order valence-corrected chi connectivity index (χ2v) is 6.49. The van der Waals surface area contributed by atoms with Crippen LogP contribution in [0.25, 0.3) is 0 Å². The van der Waals surface area contributed by atoms with Crippen LogP contribution in [-0.2, 0) is 0 Å². The number of hydrogen-bond acceptors (Lipinski definition) is 4. The lowest BCUT2D eigenvalue weighted by Gasteiger charge is -2.11. The van der Waals surface area contributed by atoms with Crippen molar-refractivity contribution in [2.24, 2.45) is 0 Å². The van der Waals surface area contributed by atoms with Crippen LogP contribution in [0.3, 0.4) is 0 Å². The van der Waals surface area contributed by atoms with Gasteiger partial charge in [0.15, 0.2) is 5.11 Å². The second kappa shape index (κ2) is 11.0. The summed E-state index contributed by atoms with van der Waals surface area (Å²) >= 11 is 5.22. The van der Waals surface area contributed by atoms with Crippen LogP contribution in [0.15, 0.2) is 48.5 Å². The number of benzene rings is 2. The fraction of sp³-hybridized carbons (Fsp3) is 0.286. The standard InChI is InChI=1S/C21H25N3O3S/c1-3-5-12-27-18-11-7-9-16(14-18)20(26)24-21(28)23-17-10-6-8-15(13-17)19(25)22-4-2/h6-11,13-14H,3-5,12H2,1-2H3,(H,22,25)(H2,23,24,26,28). The van der Waals surface area contributed by atoms with Crippen LogP contribution in [0.2, 0.25) is 0 Å². The zero-order valence-corrected chi connectivity index (χ0v) is 16.9. The van der Waals surface area contributed by atoms with Crippen molar-refractivity contribution >= 4 is 34.8 Å². The number of anilines is 1. The first kappa shape index (κ1) is 21.4. The first-order valence-corrected chi connectivity index (χ1v) is 9.67. The Balaban J connectivity index is 1.96. The molecule has 6 nitrogen and oxygen atoms in total. The molecule has 0 radical (unpaired) electrons. The zero-order valence-electron chi connectivity index (χ0n) is 16.1. The summed E-state index contributed by atoms with van der Waals surface area (Å²) in [5, 5.41) is 8.45. The smallest absolute Gasteiger partial charge is 0.257 e. The SMILES string of the molecule is CCCCOc1cccc(C(=O)NC(=S)Nc2cccc(C(=O)NCC)c2)c1. The second-order valence-electron chi connectivity index (χ2n) is 6.08. The van der Waals surface area contributed by atoms with Gasteiger partial charge in [0, 0.05) is 23.4 Å². The van der Waals surface area contributed by atoms with Crippen molar-refractivity contribution in [2.75, 3.05) is 18.5 Å². The third kappa shape index (κ3) is 6.66. The van der Waals surface area contributed by atoms with E-state index in [1.54, 1.807) is 42.5 Å². The normalized spacial score (nSPS) is 10.1. The predicted octanol–water partition coefficient (Wildman–Crippen LogP) is 3.74. The summed E-state index contributed by atoms with van der Waals surface area (Å²) in [5.41, 5.74) is 1.58. The molecule has 3 N–H and O–H groups in total. The molecule has 0 aromatic heterocycles. The van der Waals surface area contributed by atoms with E-state index in [9.17, 15) is 9.59 Å². The van der Waals surface area contributed by atoms with Gasteiger partial charge in [-0.15, -0.1) is 0 Å². The van der Waals surface area contributed by atoms with Gasteiger partial charge in [-0.05, 0) is 62.0 Å². The zero-order chi connectivity index (χ0) is 20.4. The fourth-order valence-corrected chi connectivity index (χ4v) is 2.61. The molecule has 2 aromatic carbocycles. The Bertz CT molecular complexity index is 839. The Kier molecular flexibility index (Phi) is 8.42. The van der Waals surface area contributed by atoms with Crippen LogP contribution in [0.1, 0.15) is 47.4 Å². The van der Waals surface area contributed by atoms with E-state index in [4.69, 9.17) is 17.0 Å². The molecular weight excluding hydrogens is 374 g/mol. The van der Waals surface area contributed by atoms with E-state index in [0.717, 1.165) is 12.8 Å². The Labute approximate surface area is 170 Å². The summed E-state index contributed by atoms with van der Waals surface area (Å²) in [6.07, 6.45) is 2.00. The van der Waals surface area contributed by atoms with Crippen molar-refractivity contribution < 1.29 is 14.3 Å². The number of rotatable bonds is 8. The molecule has 2 aromatic rings. The molecule has 148 valence electrons. The number of ether oxygens (including phenoxy) is 1. The molecule has 0 atom stereocenters. The van der Waals surface area contributed by atoms with Crippen LogP contribution in [0.4, 0.5) is 5.69 Å². The van der Waals surface area contributed by atoms with Crippen molar-refractivity contribution in [1.82, 2.24) is 10.6 Å². The molecule has 0 fully saturated rings. The van der Waals surface area contributed by atoms with Crippen molar-refractivity contribution in [3.05, 3.63) is 59.7 Å². The molecule has 2 rings (SSSR count). The van der Waals surface area contributed by atoms with Gasteiger partial charge in [-0.1, -0.05) is 25.5 Å². The highest BCUT2D eigenvalue weighted by Gasteiger charge is 2.10. The van der Waals surface area contributed by atoms with E-state index >= 15 is 0 Å². The van der Waals surface area contributed by atoms with Crippen LogP contribution >= 0.6 is 12.2 Å². The van der Waals surface area contributed by atoms with Gasteiger partial charge < -0.3 is 15.4 Å². The fourth-order valence-electron chi connectivity index (χ4n) is 2.40. The van der Waals surface area contributed by atoms with Crippen LogP contribution in [-0.4, -0.2) is 30.1 Å².